The number of piperidine rings is 1. The number of esters is 1. The average Bonchev–Trinajstić information content (AvgIpc) is 3.00. The third-order valence-corrected chi connectivity index (χ3v) is 4.97. The van der Waals surface area contributed by atoms with Crippen LogP contribution in [0.3, 0.4) is 0 Å². The zero-order chi connectivity index (χ0) is 14.2. The van der Waals surface area contributed by atoms with Crippen molar-refractivity contribution in [2.75, 3.05) is 26.7 Å². The molecule has 0 radical (unpaired) electrons. The molecule has 0 amide bonds. The molecular weight excluding hydrogens is 278 g/mol. The van der Waals surface area contributed by atoms with Gasteiger partial charge in [-0.3, -0.25) is 9.48 Å². The number of hydrogen-bond donors (Lipinski definition) is 0. The molecule has 1 aromatic heterocycles. The Balaban J connectivity index is 1.44. The van der Waals surface area contributed by atoms with Gasteiger partial charge >= 0.3 is 5.97 Å². The molecule has 6 heteroatoms. The van der Waals surface area contributed by atoms with E-state index < -0.39 is 0 Å². The number of rotatable bonds is 4. The summed E-state index contributed by atoms with van der Waals surface area (Å²) in [6.07, 6.45) is 6.74. The van der Waals surface area contributed by atoms with Crippen LogP contribution in [0.15, 0.2) is 12.4 Å². The van der Waals surface area contributed by atoms with Crippen LogP contribution >= 0.6 is 11.6 Å². The molecule has 1 aliphatic heterocycles. The van der Waals surface area contributed by atoms with Crippen molar-refractivity contribution < 1.29 is 9.53 Å². The van der Waals surface area contributed by atoms with Crippen molar-refractivity contribution in [2.45, 2.75) is 25.8 Å². The number of methoxy groups -OCH3 is 1. The average molecular weight is 298 g/mol. The number of aromatic nitrogens is 2. The molecule has 0 aromatic carbocycles. The highest BCUT2D eigenvalue weighted by Gasteiger charge is 2.59. The van der Waals surface area contributed by atoms with Crippen LogP contribution < -0.4 is 0 Å². The Morgan fingerprint density at radius 1 is 1.50 bits per heavy atom. The highest BCUT2D eigenvalue weighted by atomic mass is 35.5. The van der Waals surface area contributed by atoms with Crippen molar-refractivity contribution in [2.24, 2.45) is 11.3 Å². The van der Waals surface area contributed by atoms with Crippen molar-refractivity contribution in [3.63, 3.8) is 0 Å². The van der Waals surface area contributed by atoms with E-state index in [-0.39, 0.29) is 17.3 Å². The highest BCUT2D eigenvalue weighted by molar-refractivity contribution is 6.30. The zero-order valence-corrected chi connectivity index (χ0v) is 12.5. The summed E-state index contributed by atoms with van der Waals surface area (Å²) in [5, 5.41) is 4.87. The summed E-state index contributed by atoms with van der Waals surface area (Å²) < 4.78 is 6.74. The molecule has 5 nitrogen and oxygen atoms in total. The summed E-state index contributed by atoms with van der Waals surface area (Å²) in [7, 11) is 1.48. The first-order valence-electron chi connectivity index (χ1n) is 7.11. The fourth-order valence-electron chi connectivity index (χ4n) is 3.30. The van der Waals surface area contributed by atoms with Crippen LogP contribution in [0.5, 0.6) is 0 Å². The Labute approximate surface area is 123 Å². The van der Waals surface area contributed by atoms with Gasteiger partial charge < -0.3 is 9.64 Å². The van der Waals surface area contributed by atoms with E-state index in [1.807, 2.05) is 10.9 Å². The van der Waals surface area contributed by atoms with E-state index in [0.29, 0.717) is 5.02 Å². The van der Waals surface area contributed by atoms with Gasteiger partial charge in [0.15, 0.2) is 0 Å². The first-order chi connectivity index (χ1) is 9.63. The molecule has 1 spiro atoms. The standard InChI is InChI=1S/C14H20ClN3O2/c1-20-13(19)12-8-14(12)2-4-17(5-3-14)6-7-18-10-11(15)9-16-18/h9-10,12H,2-8H2,1H3. The number of halogens is 1. The molecule has 1 aromatic rings. The molecule has 1 unspecified atom stereocenters. The minimum absolute atomic E-state index is 0.0235. The lowest BCUT2D eigenvalue weighted by atomic mass is 9.91. The van der Waals surface area contributed by atoms with Gasteiger partial charge in [0.1, 0.15) is 0 Å². The van der Waals surface area contributed by atoms with Gasteiger partial charge in [0.05, 0.1) is 30.8 Å². The molecule has 2 fully saturated rings. The second-order valence-electron chi connectivity index (χ2n) is 5.91. The van der Waals surface area contributed by atoms with E-state index in [2.05, 4.69) is 10.00 Å². The van der Waals surface area contributed by atoms with E-state index in [9.17, 15) is 4.79 Å². The van der Waals surface area contributed by atoms with Crippen LogP contribution in [-0.4, -0.2) is 47.4 Å². The van der Waals surface area contributed by atoms with E-state index in [4.69, 9.17) is 16.3 Å². The first kappa shape index (κ1) is 13.9. The predicted molar refractivity (Wildman–Crippen MR) is 75.5 cm³/mol. The Kier molecular flexibility index (Phi) is 3.73. The number of hydrogen-bond acceptors (Lipinski definition) is 4. The summed E-state index contributed by atoms with van der Waals surface area (Å²) in [5.41, 5.74) is 0.249. The van der Waals surface area contributed by atoms with Gasteiger partial charge in [-0.25, -0.2) is 0 Å². The van der Waals surface area contributed by atoms with Gasteiger partial charge in [-0.05, 0) is 37.8 Å². The number of nitrogens with zero attached hydrogens (tertiary/aromatic N) is 3. The SMILES string of the molecule is COC(=O)C1CC12CCN(CCn1cc(Cl)cn1)CC2. The molecule has 2 heterocycles. The Bertz CT molecular complexity index is 494. The second kappa shape index (κ2) is 5.37. The predicted octanol–water partition coefficient (Wildman–Crippen LogP) is 1.81. The fourth-order valence-corrected chi connectivity index (χ4v) is 3.46. The third kappa shape index (κ3) is 2.69. The smallest absolute Gasteiger partial charge is 0.309 e. The summed E-state index contributed by atoms with van der Waals surface area (Å²) in [6, 6.07) is 0. The molecule has 20 heavy (non-hydrogen) atoms. The summed E-state index contributed by atoms with van der Waals surface area (Å²) >= 11 is 5.85. The minimum atomic E-state index is -0.0235. The molecule has 110 valence electrons. The van der Waals surface area contributed by atoms with Crippen LogP contribution in [0.2, 0.25) is 5.02 Å². The van der Waals surface area contributed by atoms with Crippen molar-refractivity contribution in [1.29, 1.82) is 0 Å². The monoisotopic (exact) mass is 297 g/mol. The first-order valence-corrected chi connectivity index (χ1v) is 7.49. The van der Waals surface area contributed by atoms with E-state index >= 15 is 0 Å². The molecule has 1 aliphatic carbocycles. The van der Waals surface area contributed by atoms with Crippen molar-refractivity contribution in [3.05, 3.63) is 17.4 Å². The summed E-state index contributed by atoms with van der Waals surface area (Å²) in [6.45, 7) is 3.96. The fraction of sp³-hybridized carbons (Fsp3) is 0.714. The van der Waals surface area contributed by atoms with Crippen LogP contribution in [0.4, 0.5) is 0 Å². The maximum Gasteiger partial charge on any atom is 0.309 e. The molecule has 1 atom stereocenters. The molecule has 3 rings (SSSR count). The van der Waals surface area contributed by atoms with Crippen molar-refractivity contribution >= 4 is 17.6 Å². The van der Waals surface area contributed by atoms with Gasteiger partial charge in [0, 0.05) is 12.7 Å². The normalized spacial score (nSPS) is 24.8. The van der Waals surface area contributed by atoms with Gasteiger partial charge in [0.2, 0.25) is 0 Å². The minimum Gasteiger partial charge on any atom is -0.469 e. The molecule has 0 N–H and O–H groups in total. The maximum atomic E-state index is 11.6. The maximum absolute atomic E-state index is 11.6. The van der Waals surface area contributed by atoms with Gasteiger partial charge in [-0.1, -0.05) is 11.6 Å². The quantitative estimate of drug-likeness (QED) is 0.795. The summed E-state index contributed by atoms with van der Waals surface area (Å²) in [5.74, 6) is 0.129. The van der Waals surface area contributed by atoms with Crippen molar-refractivity contribution in [3.8, 4) is 0 Å². The van der Waals surface area contributed by atoms with Crippen LogP contribution in [0, 0.1) is 11.3 Å². The second-order valence-corrected chi connectivity index (χ2v) is 6.34. The van der Waals surface area contributed by atoms with Crippen LogP contribution in [0.1, 0.15) is 19.3 Å². The topological polar surface area (TPSA) is 47.4 Å². The highest BCUT2D eigenvalue weighted by Crippen LogP contribution is 2.59. The lowest BCUT2D eigenvalue weighted by molar-refractivity contribution is -0.143. The Hall–Kier alpha value is -1.07. The zero-order valence-electron chi connectivity index (χ0n) is 11.7. The molecule has 1 saturated heterocycles. The lowest BCUT2D eigenvalue weighted by Gasteiger charge is -2.32. The molecule has 2 aliphatic rings. The Morgan fingerprint density at radius 2 is 2.25 bits per heavy atom. The number of carbonyl (C=O) groups excluding carboxylic acids is 1. The van der Waals surface area contributed by atoms with Crippen molar-refractivity contribution in [1.82, 2.24) is 14.7 Å². The van der Waals surface area contributed by atoms with Crippen LogP contribution in [-0.2, 0) is 16.1 Å². The van der Waals surface area contributed by atoms with E-state index in [1.165, 1.54) is 7.11 Å². The molecular formula is C14H20ClN3O2. The summed E-state index contributed by atoms with van der Waals surface area (Å²) in [4.78, 5) is 14.0. The van der Waals surface area contributed by atoms with Crippen LogP contribution in [0.25, 0.3) is 0 Å². The molecule has 0 bridgehead atoms. The van der Waals surface area contributed by atoms with Gasteiger partial charge in [0.25, 0.3) is 0 Å². The lowest BCUT2D eigenvalue weighted by Crippen LogP contribution is -2.37. The van der Waals surface area contributed by atoms with E-state index in [1.54, 1.807) is 6.20 Å². The largest absolute Gasteiger partial charge is 0.469 e. The number of carbonyl (C=O) groups is 1. The van der Waals surface area contributed by atoms with E-state index in [0.717, 1.165) is 45.4 Å². The molecule has 1 saturated carbocycles. The number of likely N-dealkylation sites (tertiary alicyclic amines) is 1. The van der Waals surface area contributed by atoms with Gasteiger partial charge in [-0.15, -0.1) is 0 Å². The Morgan fingerprint density at radius 3 is 2.85 bits per heavy atom. The van der Waals surface area contributed by atoms with Gasteiger partial charge in [-0.2, -0.15) is 5.10 Å². The number of ether oxygens (including phenoxy) is 1. The third-order valence-electron chi connectivity index (χ3n) is 4.77.